The first-order valence-electron chi connectivity index (χ1n) is 8.78. The van der Waals surface area contributed by atoms with Crippen LogP contribution in [0, 0.1) is 0 Å². The molecule has 27 heavy (non-hydrogen) atoms. The molecule has 0 atom stereocenters. The lowest BCUT2D eigenvalue weighted by atomic mass is 10.2. The molecule has 1 saturated heterocycles. The standard InChI is InChI=1S/C18H20N8O/c27-16(23-17-14(12-22-24-17)15-4-1-2-5-19-15)13-25-8-10-26(11-9-25)18-20-6-3-7-21-18/h1-7,12H,8-11,13H2,(H2,22,23,24,27). The zero-order chi connectivity index (χ0) is 18.5. The zero-order valence-corrected chi connectivity index (χ0v) is 14.7. The topological polar surface area (TPSA) is 103 Å². The van der Waals surface area contributed by atoms with Crippen molar-refractivity contribution in [3.05, 3.63) is 49.1 Å². The Morgan fingerprint density at radius 1 is 1.04 bits per heavy atom. The van der Waals surface area contributed by atoms with Gasteiger partial charge in [-0.3, -0.25) is 19.8 Å². The predicted molar refractivity (Wildman–Crippen MR) is 101 cm³/mol. The van der Waals surface area contributed by atoms with Crippen LogP contribution in [-0.2, 0) is 4.79 Å². The largest absolute Gasteiger partial charge is 0.338 e. The van der Waals surface area contributed by atoms with Crippen LogP contribution in [0.1, 0.15) is 0 Å². The fourth-order valence-electron chi connectivity index (χ4n) is 3.04. The Bertz CT molecular complexity index is 875. The SMILES string of the molecule is O=C(CN1CCN(c2ncccn2)CC1)Nc1[nH]ncc1-c1ccccn1. The van der Waals surface area contributed by atoms with Crippen LogP contribution < -0.4 is 10.2 Å². The third kappa shape index (κ3) is 4.09. The third-order valence-corrected chi connectivity index (χ3v) is 4.42. The van der Waals surface area contributed by atoms with Gasteiger partial charge in [0.2, 0.25) is 11.9 Å². The highest BCUT2D eigenvalue weighted by molar-refractivity contribution is 5.94. The molecule has 0 unspecified atom stereocenters. The Kier molecular flexibility index (Phi) is 5.01. The number of hydrogen-bond donors (Lipinski definition) is 2. The number of rotatable bonds is 5. The lowest BCUT2D eigenvalue weighted by molar-refractivity contribution is -0.117. The van der Waals surface area contributed by atoms with Crippen molar-refractivity contribution in [2.75, 3.05) is 42.9 Å². The van der Waals surface area contributed by atoms with Crippen LogP contribution in [0.5, 0.6) is 0 Å². The molecule has 4 heterocycles. The summed E-state index contributed by atoms with van der Waals surface area (Å²) in [7, 11) is 0. The number of nitrogens with one attached hydrogen (secondary N) is 2. The van der Waals surface area contributed by atoms with Gasteiger partial charge in [-0.05, 0) is 18.2 Å². The van der Waals surface area contributed by atoms with Crippen molar-refractivity contribution in [3.63, 3.8) is 0 Å². The van der Waals surface area contributed by atoms with E-state index in [-0.39, 0.29) is 5.91 Å². The Morgan fingerprint density at radius 3 is 2.56 bits per heavy atom. The quantitative estimate of drug-likeness (QED) is 0.697. The van der Waals surface area contributed by atoms with Crippen LogP contribution >= 0.6 is 0 Å². The Hall–Kier alpha value is -3.33. The Balaban J connectivity index is 1.32. The Morgan fingerprint density at radius 2 is 1.81 bits per heavy atom. The summed E-state index contributed by atoms with van der Waals surface area (Å²) in [5, 5.41) is 9.77. The molecule has 138 valence electrons. The normalized spacial score (nSPS) is 14.9. The van der Waals surface area contributed by atoms with E-state index in [1.54, 1.807) is 30.9 Å². The highest BCUT2D eigenvalue weighted by atomic mass is 16.2. The second-order valence-electron chi connectivity index (χ2n) is 6.23. The number of H-pyrrole nitrogens is 1. The molecule has 3 aromatic rings. The summed E-state index contributed by atoms with van der Waals surface area (Å²) in [6, 6.07) is 7.43. The monoisotopic (exact) mass is 364 g/mol. The molecule has 0 aromatic carbocycles. The Labute approximate surface area is 156 Å². The molecule has 1 aliphatic heterocycles. The van der Waals surface area contributed by atoms with Crippen LogP contribution in [0.3, 0.4) is 0 Å². The molecule has 0 bridgehead atoms. The molecule has 1 fully saturated rings. The van der Waals surface area contributed by atoms with Crippen molar-refractivity contribution < 1.29 is 4.79 Å². The average molecular weight is 364 g/mol. The molecule has 9 heteroatoms. The van der Waals surface area contributed by atoms with E-state index >= 15 is 0 Å². The van der Waals surface area contributed by atoms with Gasteiger partial charge in [0.1, 0.15) is 5.82 Å². The lowest BCUT2D eigenvalue weighted by Crippen LogP contribution is -2.49. The molecule has 3 aromatic heterocycles. The first kappa shape index (κ1) is 17.1. The smallest absolute Gasteiger partial charge is 0.239 e. The van der Waals surface area contributed by atoms with E-state index in [0.717, 1.165) is 43.4 Å². The van der Waals surface area contributed by atoms with Crippen LogP contribution in [0.4, 0.5) is 11.8 Å². The van der Waals surface area contributed by atoms with Gasteiger partial charge in [0.05, 0.1) is 24.0 Å². The number of pyridine rings is 1. The fraction of sp³-hybridized carbons (Fsp3) is 0.278. The van der Waals surface area contributed by atoms with Gasteiger partial charge in [-0.1, -0.05) is 6.07 Å². The van der Waals surface area contributed by atoms with Crippen LogP contribution in [-0.4, -0.2) is 68.7 Å². The maximum Gasteiger partial charge on any atom is 0.239 e. The van der Waals surface area contributed by atoms with Crippen LogP contribution in [0.15, 0.2) is 49.1 Å². The number of aromatic amines is 1. The van der Waals surface area contributed by atoms with E-state index in [2.05, 4.69) is 40.3 Å². The summed E-state index contributed by atoms with van der Waals surface area (Å²) in [6.07, 6.45) is 6.86. The molecule has 1 amide bonds. The molecular formula is C18H20N8O. The first-order valence-corrected chi connectivity index (χ1v) is 8.78. The van der Waals surface area contributed by atoms with E-state index in [1.807, 2.05) is 18.2 Å². The second kappa shape index (κ2) is 7.92. The van der Waals surface area contributed by atoms with Gasteiger partial charge < -0.3 is 10.2 Å². The first-order chi connectivity index (χ1) is 13.3. The van der Waals surface area contributed by atoms with Gasteiger partial charge in [-0.2, -0.15) is 5.10 Å². The summed E-state index contributed by atoms with van der Waals surface area (Å²) in [6.45, 7) is 3.47. The van der Waals surface area contributed by atoms with Gasteiger partial charge >= 0.3 is 0 Å². The molecular weight excluding hydrogens is 344 g/mol. The van der Waals surface area contributed by atoms with Crippen molar-refractivity contribution in [3.8, 4) is 11.3 Å². The molecule has 0 saturated carbocycles. The number of aromatic nitrogens is 5. The lowest BCUT2D eigenvalue weighted by Gasteiger charge is -2.34. The molecule has 1 aliphatic rings. The number of nitrogens with zero attached hydrogens (tertiary/aromatic N) is 6. The van der Waals surface area contributed by atoms with Crippen molar-refractivity contribution in [1.29, 1.82) is 0 Å². The summed E-state index contributed by atoms with van der Waals surface area (Å²) >= 11 is 0. The van der Waals surface area contributed by atoms with Gasteiger partial charge in [-0.25, -0.2) is 9.97 Å². The molecule has 2 N–H and O–H groups in total. The average Bonchev–Trinajstić information content (AvgIpc) is 3.18. The summed E-state index contributed by atoms with van der Waals surface area (Å²) in [5.41, 5.74) is 1.54. The van der Waals surface area contributed by atoms with Crippen molar-refractivity contribution in [2.24, 2.45) is 0 Å². The third-order valence-electron chi connectivity index (χ3n) is 4.42. The van der Waals surface area contributed by atoms with Gasteiger partial charge in [0.25, 0.3) is 0 Å². The maximum absolute atomic E-state index is 12.5. The number of hydrogen-bond acceptors (Lipinski definition) is 7. The minimum absolute atomic E-state index is 0.0826. The number of amides is 1. The fourth-order valence-corrected chi connectivity index (χ4v) is 3.04. The number of anilines is 2. The highest BCUT2D eigenvalue weighted by Gasteiger charge is 2.21. The predicted octanol–water partition coefficient (Wildman–Crippen LogP) is 1.02. The summed E-state index contributed by atoms with van der Waals surface area (Å²) in [4.78, 5) is 29.6. The highest BCUT2D eigenvalue weighted by Crippen LogP contribution is 2.23. The number of piperazine rings is 1. The van der Waals surface area contributed by atoms with Crippen molar-refractivity contribution in [1.82, 2.24) is 30.0 Å². The van der Waals surface area contributed by atoms with E-state index in [9.17, 15) is 4.79 Å². The van der Waals surface area contributed by atoms with Gasteiger partial charge in [0.15, 0.2) is 0 Å². The minimum Gasteiger partial charge on any atom is -0.338 e. The van der Waals surface area contributed by atoms with E-state index in [1.165, 1.54) is 0 Å². The molecule has 0 aliphatic carbocycles. The maximum atomic E-state index is 12.5. The van der Waals surface area contributed by atoms with E-state index in [0.29, 0.717) is 12.4 Å². The van der Waals surface area contributed by atoms with E-state index < -0.39 is 0 Å². The zero-order valence-electron chi connectivity index (χ0n) is 14.7. The van der Waals surface area contributed by atoms with Crippen molar-refractivity contribution >= 4 is 17.7 Å². The summed E-state index contributed by atoms with van der Waals surface area (Å²) in [5.74, 6) is 1.22. The molecule has 0 spiro atoms. The number of carbonyl (C=O) groups is 1. The van der Waals surface area contributed by atoms with Crippen LogP contribution in [0.25, 0.3) is 11.3 Å². The minimum atomic E-state index is -0.0826. The molecule has 0 radical (unpaired) electrons. The van der Waals surface area contributed by atoms with Crippen LogP contribution in [0.2, 0.25) is 0 Å². The molecule has 4 rings (SSSR count). The van der Waals surface area contributed by atoms with Gasteiger partial charge in [0, 0.05) is 44.8 Å². The van der Waals surface area contributed by atoms with Crippen molar-refractivity contribution in [2.45, 2.75) is 0 Å². The summed E-state index contributed by atoms with van der Waals surface area (Å²) < 4.78 is 0. The molecule has 9 nitrogen and oxygen atoms in total. The van der Waals surface area contributed by atoms with E-state index in [4.69, 9.17) is 0 Å². The number of carbonyl (C=O) groups excluding carboxylic acids is 1. The van der Waals surface area contributed by atoms with Gasteiger partial charge in [-0.15, -0.1) is 0 Å². The second-order valence-corrected chi connectivity index (χ2v) is 6.23.